The molecule has 0 fully saturated rings. The van der Waals surface area contributed by atoms with Crippen molar-refractivity contribution in [3.05, 3.63) is 24.3 Å². The zero-order chi connectivity index (χ0) is 14.5. The minimum Gasteiger partial charge on any atom is -0.494 e. The molecule has 3 heteroatoms. The van der Waals surface area contributed by atoms with E-state index in [1.165, 1.54) is 51.0 Å². The molecule has 0 unspecified atom stereocenters. The average molecular weight is 275 g/mol. The fourth-order valence-corrected chi connectivity index (χ4v) is 2.12. The first-order valence-corrected chi connectivity index (χ1v) is 7.67. The van der Waals surface area contributed by atoms with Crippen LogP contribution in [0.1, 0.15) is 58.3 Å². The molecule has 0 N–H and O–H groups in total. The van der Waals surface area contributed by atoms with Crippen molar-refractivity contribution in [2.75, 3.05) is 6.61 Å². The highest BCUT2D eigenvalue weighted by Gasteiger charge is 1.96. The molecular formula is C17H25NO2. The van der Waals surface area contributed by atoms with Gasteiger partial charge in [-0.15, -0.1) is 0 Å². The monoisotopic (exact) mass is 275 g/mol. The van der Waals surface area contributed by atoms with Crippen molar-refractivity contribution >= 4 is 11.8 Å². The van der Waals surface area contributed by atoms with E-state index in [4.69, 9.17) is 4.74 Å². The maximum atomic E-state index is 10.2. The van der Waals surface area contributed by atoms with E-state index in [1.54, 1.807) is 12.1 Å². The molecule has 1 rings (SSSR count). The van der Waals surface area contributed by atoms with Gasteiger partial charge >= 0.3 is 0 Å². The number of unbranched alkanes of at least 4 members (excludes halogenated alkanes) is 7. The molecule has 20 heavy (non-hydrogen) atoms. The number of aliphatic imine (C=N–C) groups is 1. The Morgan fingerprint density at radius 3 is 2.45 bits per heavy atom. The number of ether oxygens (including phenoxy) is 1. The van der Waals surface area contributed by atoms with Gasteiger partial charge in [-0.1, -0.05) is 57.9 Å². The second-order valence-electron chi connectivity index (χ2n) is 5.02. The van der Waals surface area contributed by atoms with Gasteiger partial charge < -0.3 is 4.74 Å². The molecule has 0 saturated carbocycles. The van der Waals surface area contributed by atoms with Gasteiger partial charge in [-0.3, -0.25) is 0 Å². The molecule has 1 aromatic rings. The highest BCUT2D eigenvalue weighted by Crippen LogP contribution is 2.19. The summed E-state index contributed by atoms with van der Waals surface area (Å²) < 4.78 is 5.65. The number of benzene rings is 1. The van der Waals surface area contributed by atoms with Crippen LogP contribution in [0.5, 0.6) is 5.75 Å². The third-order valence-electron chi connectivity index (χ3n) is 3.26. The van der Waals surface area contributed by atoms with Crippen LogP contribution in [0.4, 0.5) is 5.69 Å². The van der Waals surface area contributed by atoms with Crippen LogP contribution in [0, 0.1) is 0 Å². The first-order valence-electron chi connectivity index (χ1n) is 7.67. The molecule has 1 aromatic carbocycles. The first kappa shape index (κ1) is 16.5. The summed E-state index contributed by atoms with van der Waals surface area (Å²) in [6, 6.07) is 7.23. The number of hydrogen-bond acceptors (Lipinski definition) is 3. The van der Waals surface area contributed by atoms with Crippen LogP contribution in [0.3, 0.4) is 0 Å². The largest absolute Gasteiger partial charge is 0.494 e. The van der Waals surface area contributed by atoms with E-state index in [2.05, 4.69) is 11.9 Å². The molecule has 0 aromatic heterocycles. The van der Waals surface area contributed by atoms with Gasteiger partial charge in [0.15, 0.2) is 0 Å². The number of nitrogens with zero attached hydrogens (tertiary/aromatic N) is 1. The Kier molecular flexibility index (Phi) is 9.25. The Morgan fingerprint density at radius 1 is 1.05 bits per heavy atom. The number of rotatable bonds is 11. The Morgan fingerprint density at radius 2 is 1.75 bits per heavy atom. The minimum absolute atomic E-state index is 0.591. The second-order valence-corrected chi connectivity index (χ2v) is 5.02. The lowest BCUT2D eigenvalue weighted by molar-refractivity contribution is 0.304. The molecule has 3 nitrogen and oxygen atoms in total. The zero-order valence-corrected chi connectivity index (χ0v) is 12.4. The molecular weight excluding hydrogens is 250 g/mol. The van der Waals surface area contributed by atoms with Gasteiger partial charge in [0.2, 0.25) is 6.08 Å². The van der Waals surface area contributed by atoms with E-state index in [-0.39, 0.29) is 0 Å². The number of carbonyl (C=O) groups excluding carboxylic acids is 1. The summed E-state index contributed by atoms with van der Waals surface area (Å²) in [6.45, 7) is 2.97. The van der Waals surface area contributed by atoms with E-state index in [1.807, 2.05) is 12.1 Å². The van der Waals surface area contributed by atoms with Crippen LogP contribution < -0.4 is 4.74 Å². The average Bonchev–Trinajstić information content (AvgIpc) is 2.46. The fraction of sp³-hybridized carbons (Fsp3) is 0.588. The fourth-order valence-electron chi connectivity index (χ4n) is 2.12. The maximum absolute atomic E-state index is 10.2. The van der Waals surface area contributed by atoms with Crippen molar-refractivity contribution in [3.8, 4) is 5.75 Å². The highest BCUT2D eigenvalue weighted by atomic mass is 16.5. The van der Waals surface area contributed by atoms with Crippen molar-refractivity contribution in [2.45, 2.75) is 58.3 Å². The molecule has 0 aliphatic heterocycles. The standard InChI is InChI=1S/C17H25NO2/c1-2-3-4-5-6-7-8-9-13-20-17-12-10-11-16(14-17)18-15-19/h10-12,14H,2-9,13H2,1H3. The van der Waals surface area contributed by atoms with Crippen molar-refractivity contribution in [2.24, 2.45) is 4.99 Å². The smallest absolute Gasteiger partial charge is 0.240 e. The minimum atomic E-state index is 0.591. The summed E-state index contributed by atoms with van der Waals surface area (Å²) in [6.07, 6.45) is 11.9. The Hall–Kier alpha value is -1.60. The van der Waals surface area contributed by atoms with Gasteiger partial charge in [-0.2, -0.15) is 4.99 Å². The summed E-state index contributed by atoms with van der Waals surface area (Å²) in [7, 11) is 0. The zero-order valence-electron chi connectivity index (χ0n) is 12.4. The molecule has 0 bridgehead atoms. The Balaban J connectivity index is 2.06. The molecule has 0 aliphatic carbocycles. The van der Waals surface area contributed by atoms with Gasteiger partial charge in [0.1, 0.15) is 5.75 Å². The lowest BCUT2D eigenvalue weighted by Crippen LogP contribution is -1.97. The van der Waals surface area contributed by atoms with E-state index in [0.29, 0.717) is 5.69 Å². The first-order chi connectivity index (χ1) is 9.86. The molecule has 0 spiro atoms. The Bertz CT molecular complexity index is 411. The normalized spacial score (nSPS) is 10.1. The summed E-state index contributed by atoms with van der Waals surface area (Å²) in [5.74, 6) is 0.768. The van der Waals surface area contributed by atoms with E-state index < -0.39 is 0 Å². The molecule has 0 saturated heterocycles. The molecule has 0 radical (unpaired) electrons. The molecule has 0 aliphatic rings. The quantitative estimate of drug-likeness (QED) is 0.317. The molecule has 0 atom stereocenters. The Labute approximate surface area is 122 Å². The van der Waals surface area contributed by atoms with Crippen LogP contribution >= 0.6 is 0 Å². The number of hydrogen-bond donors (Lipinski definition) is 0. The third-order valence-corrected chi connectivity index (χ3v) is 3.26. The molecule has 110 valence electrons. The van der Waals surface area contributed by atoms with Crippen molar-refractivity contribution in [1.29, 1.82) is 0 Å². The van der Waals surface area contributed by atoms with Gasteiger partial charge in [-0.25, -0.2) is 4.79 Å². The number of isocyanates is 1. The maximum Gasteiger partial charge on any atom is 0.240 e. The van der Waals surface area contributed by atoms with Crippen LogP contribution in [0.15, 0.2) is 29.3 Å². The van der Waals surface area contributed by atoms with Gasteiger partial charge in [0.05, 0.1) is 12.3 Å². The van der Waals surface area contributed by atoms with Crippen LogP contribution in [-0.4, -0.2) is 12.7 Å². The van der Waals surface area contributed by atoms with Gasteiger partial charge in [-0.05, 0) is 18.6 Å². The summed E-state index contributed by atoms with van der Waals surface area (Å²) in [5, 5.41) is 0. The lowest BCUT2D eigenvalue weighted by Gasteiger charge is -2.06. The van der Waals surface area contributed by atoms with Crippen LogP contribution in [0.2, 0.25) is 0 Å². The predicted octanol–water partition coefficient (Wildman–Crippen LogP) is 5.17. The topological polar surface area (TPSA) is 38.7 Å². The van der Waals surface area contributed by atoms with E-state index in [0.717, 1.165) is 18.8 Å². The summed E-state index contributed by atoms with van der Waals surface area (Å²) in [5.41, 5.74) is 0.591. The molecule has 0 amide bonds. The van der Waals surface area contributed by atoms with E-state index >= 15 is 0 Å². The van der Waals surface area contributed by atoms with Crippen molar-refractivity contribution < 1.29 is 9.53 Å². The summed E-state index contributed by atoms with van der Waals surface area (Å²) >= 11 is 0. The van der Waals surface area contributed by atoms with E-state index in [9.17, 15) is 4.79 Å². The highest BCUT2D eigenvalue weighted by molar-refractivity contribution is 5.51. The lowest BCUT2D eigenvalue weighted by atomic mass is 10.1. The van der Waals surface area contributed by atoms with Crippen molar-refractivity contribution in [1.82, 2.24) is 0 Å². The summed E-state index contributed by atoms with van der Waals surface area (Å²) in [4.78, 5) is 13.8. The second kappa shape index (κ2) is 11.2. The SMILES string of the molecule is CCCCCCCCCCOc1cccc(N=C=O)c1. The third kappa shape index (κ3) is 7.75. The van der Waals surface area contributed by atoms with Gasteiger partial charge in [0.25, 0.3) is 0 Å². The molecule has 0 heterocycles. The predicted molar refractivity (Wildman–Crippen MR) is 82.3 cm³/mol. The van der Waals surface area contributed by atoms with Crippen LogP contribution in [0.25, 0.3) is 0 Å². The van der Waals surface area contributed by atoms with Gasteiger partial charge in [0, 0.05) is 6.07 Å². The van der Waals surface area contributed by atoms with Crippen molar-refractivity contribution in [3.63, 3.8) is 0 Å². The van der Waals surface area contributed by atoms with Crippen LogP contribution in [-0.2, 0) is 4.79 Å².